The van der Waals surface area contributed by atoms with Gasteiger partial charge in [0.05, 0.1) is 11.7 Å². The van der Waals surface area contributed by atoms with E-state index >= 15 is 0 Å². The summed E-state index contributed by atoms with van der Waals surface area (Å²) in [6, 6.07) is 6.13. The van der Waals surface area contributed by atoms with Crippen LogP contribution in [-0.4, -0.2) is 28.9 Å². The smallest absolute Gasteiger partial charge is 0.252 e. The summed E-state index contributed by atoms with van der Waals surface area (Å²) in [6.45, 7) is 4.49. The summed E-state index contributed by atoms with van der Waals surface area (Å²) in [4.78, 5) is 13.5. The highest BCUT2D eigenvalue weighted by molar-refractivity contribution is 8.00. The number of carbonyl (C=O) groups is 1. The predicted molar refractivity (Wildman–Crippen MR) is 92.5 cm³/mol. The molecule has 4 heteroatoms. The molecule has 0 aromatic heterocycles. The van der Waals surface area contributed by atoms with E-state index in [9.17, 15) is 9.90 Å². The second kappa shape index (κ2) is 8.59. The lowest BCUT2D eigenvalue weighted by atomic mass is 10.1. The molecule has 1 fully saturated rings. The Morgan fingerprint density at radius 3 is 2.82 bits per heavy atom. The van der Waals surface area contributed by atoms with Gasteiger partial charge in [-0.15, -0.1) is 11.8 Å². The van der Waals surface area contributed by atoms with Gasteiger partial charge in [0.15, 0.2) is 0 Å². The Bertz CT molecular complexity index is 498. The Kier molecular flexibility index (Phi) is 6.77. The van der Waals surface area contributed by atoms with E-state index in [1.165, 1.54) is 25.7 Å². The number of carbonyl (C=O) groups excluding carboxylic acids is 1. The maximum Gasteiger partial charge on any atom is 0.252 e. The number of aliphatic hydroxyl groups is 1. The van der Waals surface area contributed by atoms with Gasteiger partial charge in [-0.25, -0.2) is 0 Å². The number of hydrogen-bond donors (Lipinski definition) is 2. The summed E-state index contributed by atoms with van der Waals surface area (Å²) in [5.41, 5.74) is 1.89. The summed E-state index contributed by atoms with van der Waals surface area (Å²) < 4.78 is 0. The van der Waals surface area contributed by atoms with Crippen molar-refractivity contribution in [1.29, 1.82) is 0 Å². The molecule has 0 saturated heterocycles. The average Bonchev–Trinajstić information content (AvgIpc) is 3.01. The Morgan fingerprint density at radius 1 is 1.41 bits per heavy atom. The first kappa shape index (κ1) is 17.4. The summed E-state index contributed by atoms with van der Waals surface area (Å²) in [5.74, 6) is -0.0208. The number of nitrogens with one attached hydrogen (secondary N) is 1. The molecule has 2 N–H and O–H groups in total. The van der Waals surface area contributed by atoms with Gasteiger partial charge in [0.1, 0.15) is 0 Å². The van der Waals surface area contributed by atoms with Gasteiger partial charge < -0.3 is 10.4 Å². The highest BCUT2D eigenvalue weighted by Crippen LogP contribution is 2.36. The molecule has 1 aromatic rings. The van der Waals surface area contributed by atoms with Gasteiger partial charge in [-0.2, -0.15) is 0 Å². The molecule has 2 rings (SSSR count). The van der Waals surface area contributed by atoms with Crippen molar-refractivity contribution in [2.75, 3.05) is 6.54 Å². The zero-order valence-electron chi connectivity index (χ0n) is 13.6. The van der Waals surface area contributed by atoms with Crippen molar-refractivity contribution in [3.05, 3.63) is 29.3 Å². The zero-order chi connectivity index (χ0) is 15.9. The fraction of sp³-hybridized carbons (Fsp3) is 0.611. The van der Waals surface area contributed by atoms with Crippen molar-refractivity contribution >= 4 is 17.7 Å². The van der Waals surface area contributed by atoms with E-state index in [-0.39, 0.29) is 12.0 Å². The third-order valence-corrected chi connectivity index (χ3v) is 5.62. The van der Waals surface area contributed by atoms with Gasteiger partial charge in [0.25, 0.3) is 5.91 Å². The first-order valence-corrected chi connectivity index (χ1v) is 9.21. The number of thioether (sulfide) groups is 1. The van der Waals surface area contributed by atoms with E-state index in [1.807, 2.05) is 31.7 Å². The van der Waals surface area contributed by atoms with Crippen LogP contribution in [0.3, 0.4) is 0 Å². The normalized spacial score (nSPS) is 16.7. The van der Waals surface area contributed by atoms with E-state index in [1.54, 1.807) is 0 Å². The van der Waals surface area contributed by atoms with Crippen LogP contribution in [0, 0.1) is 6.92 Å². The summed E-state index contributed by atoms with van der Waals surface area (Å²) >= 11 is 1.85. The molecule has 122 valence electrons. The Morgan fingerprint density at radius 2 is 2.14 bits per heavy atom. The van der Waals surface area contributed by atoms with Crippen molar-refractivity contribution < 1.29 is 9.90 Å². The maximum absolute atomic E-state index is 12.5. The van der Waals surface area contributed by atoms with Gasteiger partial charge in [-0.05, 0) is 44.7 Å². The van der Waals surface area contributed by atoms with Crippen molar-refractivity contribution in [3.63, 3.8) is 0 Å². The minimum Gasteiger partial charge on any atom is -0.393 e. The van der Waals surface area contributed by atoms with Gasteiger partial charge in [-0.3, -0.25) is 4.79 Å². The SMILES string of the molecule is CCC(O)CCNC(=O)c1cc(C)ccc1SC1CCCC1. The zero-order valence-corrected chi connectivity index (χ0v) is 14.4. The molecular formula is C18H27NO2S. The molecule has 1 aliphatic rings. The lowest BCUT2D eigenvalue weighted by molar-refractivity contribution is 0.0939. The van der Waals surface area contributed by atoms with Crippen LogP contribution in [0.5, 0.6) is 0 Å². The van der Waals surface area contributed by atoms with Crippen LogP contribution in [0.15, 0.2) is 23.1 Å². The molecule has 1 aliphatic carbocycles. The van der Waals surface area contributed by atoms with Crippen molar-refractivity contribution in [2.45, 2.75) is 68.6 Å². The van der Waals surface area contributed by atoms with Gasteiger partial charge in [-0.1, -0.05) is 31.4 Å². The van der Waals surface area contributed by atoms with Crippen LogP contribution in [0.25, 0.3) is 0 Å². The fourth-order valence-electron chi connectivity index (χ4n) is 2.76. The van der Waals surface area contributed by atoms with E-state index in [4.69, 9.17) is 0 Å². The average molecular weight is 321 g/mol. The standard InChI is InChI=1S/C18H27NO2S/c1-3-14(20)10-11-19-18(21)16-12-13(2)8-9-17(16)22-15-6-4-5-7-15/h8-9,12,14-15,20H,3-7,10-11H2,1-2H3,(H,19,21). The van der Waals surface area contributed by atoms with Gasteiger partial charge in [0.2, 0.25) is 0 Å². The monoisotopic (exact) mass is 321 g/mol. The number of hydrogen-bond acceptors (Lipinski definition) is 3. The minimum absolute atomic E-state index is 0.0208. The number of rotatable bonds is 7. The molecule has 0 spiro atoms. The molecule has 0 radical (unpaired) electrons. The van der Waals surface area contributed by atoms with Crippen LogP contribution in [0.2, 0.25) is 0 Å². The second-order valence-corrected chi connectivity index (χ2v) is 7.47. The molecule has 1 amide bonds. The molecule has 0 bridgehead atoms. The first-order chi connectivity index (χ1) is 10.6. The highest BCUT2D eigenvalue weighted by atomic mass is 32.2. The molecule has 0 heterocycles. The quantitative estimate of drug-likeness (QED) is 0.800. The largest absolute Gasteiger partial charge is 0.393 e. The molecule has 22 heavy (non-hydrogen) atoms. The van der Waals surface area contributed by atoms with E-state index in [0.717, 1.165) is 22.4 Å². The molecule has 1 unspecified atom stereocenters. The molecule has 1 aromatic carbocycles. The highest BCUT2D eigenvalue weighted by Gasteiger charge is 2.20. The Labute approximate surface area is 137 Å². The fourth-order valence-corrected chi connectivity index (χ4v) is 4.11. The van der Waals surface area contributed by atoms with Gasteiger partial charge >= 0.3 is 0 Å². The van der Waals surface area contributed by atoms with Crippen molar-refractivity contribution in [2.24, 2.45) is 0 Å². The van der Waals surface area contributed by atoms with E-state index in [0.29, 0.717) is 18.2 Å². The summed E-state index contributed by atoms with van der Waals surface area (Å²) in [7, 11) is 0. The van der Waals surface area contributed by atoms with Crippen LogP contribution in [0.4, 0.5) is 0 Å². The molecular weight excluding hydrogens is 294 g/mol. The third-order valence-electron chi connectivity index (χ3n) is 4.21. The predicted octanol–water partition coefficient (Wildman–Crippen LogP) is 3.92. The van der Waals surface area contributed by atoms with Crippen molar-refractivity contribution in [3.8, 4) is 0 Å². The Balaban J connectivity index is 2.00. The molecule has 1 saturated carbocycles. The topological polar surface area (TPSA) is 49.3 Å². The number of amides is 1. The Hall–Kier alpha value is -1.00. The maximum atomic E-state index is 12.5. The third kappa shape index (κ3) is 5.03. The van der Waals surface area contributed by atoms with E-state index < -0.39 is 0 Å². The van der Waals surface area contributed by atoms with Crippen LogP contribution in [0.1, 0.15) is 61.4 Å². The van der Waals surface area contributed by atoms with Gasteiger partial charge in [0, 0.05) is 16.7 Å². The number of benzene rings is 1. The lowest BCUT2D eigenvalue weighted by Gasteiger charge is -2.15. The lowest BCUT2D eigenvalue weighted by Crippen LogP contribution is -2.27. The van der Waals surface area contributed by atoms with E-state index in [2.05, 4.69) is 17.4 Å². The summed E-state index contributed by atoms with van der Waals surface area (Å²) in [6.07, 6.45) is 6.12. The molecule has 3 nitrogen and oxygen atoms in total. The number of aliphatic hydroxyl groups excluding tert-OH is 1. The van der Waals surface area contributed by atoms with Crippen molar-refractivity contribution in [1.82, 2.24) is 5.32 Å². The minimum atomic E-state index is -0.329. The first-order valence-electron chi connectivity index (χ1n) is 8.33. The molecule has 0 aliphatic heterocycles. The van der Waals surface area contributed by atoms with Crippen LogP contribution in [-0.2, 0) is 0 Å². The number of aryl methyl sites for hydroxylation is 1. The molecule has 1 atom stereocenters. The van der Waals surface area contributed by atoms with Crippen LogP contribution >= 0.6 is 11.8 Å². The summed E-state index contributed by atoms with van der Waals surface area (Å²) in [5, 5.41) is 13.2. The second-order valence-electron chi connectivity index (χ2n) is 6.13. The van der Waals surface area contributed by atoms with Crippen LogP contribution < -0.4 is 5.32 Å².